The lowest BCUT2D eigenvalue weighted by molar-refractivity contribution is -0.533. The fourth-order valence-electron chi connectivity index (χ4n) is 2.20. The van der Waals surface area contributed by atoms with Crippen LogP contribution in [-0.2, 0) is 0 Å². The zero-order valence-electron chi connectivity index (χ0n) is 14.9. The first-order valence-electron chi connectivity index (χ1n) is 7.82. The molecule has 0 bridgehead atoms. The molecule has 1 heterocycles. The van der Waals surface area contributed by atoms with Crippen molar-refractivity contribution in [3.05, 3.63) is 42.1 Å². The van der Waals surface area contributed by atoms with Crippen LogP contribution in [0.1, 0.15) is 47.2 Å². The first kappa shape index (κ1) is 19.3. The molecule has 4 heteroatoms. The maximum Gasteiger partial charge on any atom is 0.186 e. The molecule has 0 atom stereocenters. The van der Waals surface area contributed by atoms with Crippen molar-refractivity contribution in [1.29, 1.82) is 0 Å². The van der Waals surface area contributed by atoms with Crippen LogP contribution in [0.4, 0.5) is 5.82 Å². The predicted molar refractivity (Wildman–Crippen MR) is 95.5 cm³/mol. The number of hydrogen-bond donors (Lipinski definition) is 3. The molecule has 126 valence electrons. The number of hydrogen-bond acceptors (Lipinski definition) is 1. The maximum atomic E-state index is 3.51. The molecule has 0 aliphatic rings. The Bertz CT molecular complexity index is 643. The van der Waals surface area contributed by atoms with Gasteiger partial charge in [0.1, 0.15) is 11.5 Å². The van der Waals surface area contributed by atoms with Crippen LogP contribution in [0, 0.1) is 0 Å². The van der Waals surface area contributed by atoms with Crippen LogP contribution in [0.3, 0.4) is 0 Å². The van der Waals surface area contributed by atoms with Crippen molar-refractivity contribution in [3.63, 3.8) is 0 Å². The van der Waals surface area contributed by atoms with Gasteiger partial charge >= 0.3 is 0 Å². The fraction of sp³-hybridized carbons (Fsp3) is 0.421. The smallest absolute Gasteiger partial charge is 0.186 e. The molecule has 3 N–H and O–H groups in total. The zero-order chi connectivity index (χ0) is 16.4. The number of aromatic amines is 1. The molecule has 0 aliphatic carbocycles. The summed E-state index contributed by atoms with van der Waals surface area (Å²) in [5, 5.41) is 3.51. The van der Waals surface area contributed by atoms with Gasteiger partial charge in [0.2, 0.25) is 0 Å². The Morgan fingerprint density at radius 2 is 1.61 bits per heavy atom. The normalized spacial score (nSPS) is 12.3. The van der Waals surface area contributed by atoms with E-state index in [2.05, 4.69) is 93.4 Å². The third-order valence-corrected chi connectivity index (χ3v) is 3.09. The highest BCUT2D eigenvalue weighted by atomic mass is 35.5. The third kappa shape index (κ3) is 6.11. The minimum absolute atomic E-state index is 0. The van der Waals surface area contributed by atoms with Crippen molar-refractivity contribution in [2.75, 3.05) is 5.32 Å². The van der Waals surface area contributed by atoms with Crippen molar-refractivity contribution in [3.8, 4) is 11.1 Å². The molecule has 0 aliphatic heterocycles. The highest BCUT2D eigenvalue weighted by Crippen LogP contribution is 2.27. The van der Waals surface area contributed by atoms with Gasteiger partial charge in [-0.25, -0.2) is 4.99 Å². The Hall–Kier alpha value is -1.74. The second-order valence-electron chi connectivity index (χ2n) is 7.79. The summed E-state index contributed by atoms with van der Waals surface area (Å²) in [6.07, 6.45) is 2.07. The summed E-state index contributed by atoms with van der Waals surface area (Å²) in [4.78, 5) is 6.92. The zero-order valence-corrected chi connectivity index (χ0v) is 15.7. The first-order valence-corrected chi connectivity index (χ1v) is 7.82. The summed E-state index contributed by atoms with van der Waals surface area (Å²) in [6.45, 7) is 12.9. The molecular formula is C19H28ClN3. The van der Waals surface area contributed by atoms with E-state index in [1.54, 1.807) is 0 Å². The number of anilines is 1. The van der Waals surface area contributed by atoms with Gasteiger partial charge in [-0.3, -0.25) is 0 Å². The predicted octanol–water partition coefficient (Wildman–Crippen LogP) is 0.194. The average molecular weight is 334 g/mol. The monoisotopic (exact) mass is 333 g/mol. The van der Waals surface area contributed by atoms with Gasteiger partial charge in [-0.15, -0.1) is 0 Å². The van der Waals surface area contributed by atoms with E-state index >= 15 is 0 Å². The summed E-state index contributed by atoms with van der Waals surface area (Å²) in [5.41, 5.74) is 3.56. The van der Waals surface area contributed by atoms with E-state index < -0.39 is 0 Å². The largest absolute Gasteiger partial charge is 1.00 e. The van der Waals surface area contributed by atoms with Gasteiger partial charge in [0.25, 0.3) is 0 Å². The quantitative estimate of drug-likeness (QED) is 0.690. The van der Waals surface area contributed by atoms with E-state index in [-0.39, 0.29) is 23.5 Å². The number of rotatable bonds is 3. The Kier molecular flexibility index (Phi) is 6.06. The van der Waals surface area contributed by atoms with E-state index in [0.29, 0.717) is 0 Å². The minimum atomic E-state index is 0. The number of nitrogens with one attached hydrogen (secondary N) is 3. The van der Waals surface area contributed by atoms with Crippen molar-refractivity contribution < 1.29 is 17.4 Å². The highest BCUT2D eigenvalue weighted by molar-refractivity contribution is 5.88. The molecule has 1 aromatic heterocycles. The Balaban J connectivity index is 0.00000264. The van der Waals surface area contributed by atoms with Crippen LogP contribution in [-0.4, -0.2) is 22.3 Å². The van der Waals surface area contributed by atoms with Crippen LogP contribution in [0.2, 0.25) is 0 Å². The van der Waals surface area contributed by atoms with Crippen LogP contribution < -0.4 is 22.7 Å². The lowest BCUT2D eigenvalue weighted by atomic mass is 10.1. The summed E-state index contributed by atoms with van der Waals surface area (Å²) >= 11 is 0. The summed E-state index contributed by atoms with van der Waals surface area (Å²) in [6, 6.07) is 12.6. The van der Waals surface area contributed by atoms with Crippen molar-refractivity contribution in [2.24, 2.45) is 0 Å². The molecule has 0 fully saturated rings. The van der Waals surface area contributed by atoms with Crippen LogP contribution in [0.5, 0.6) is 0 Å². The lowest BCUT2D eigenvalue weighted by Gasteiger charge is -2.20. The topological polar surface area (TPSA) is 41.8 Å². The van der Waals surface area contributed by atoms with E-state index in [0.717, 1.165) is 11.5 Å². The Morgan fingerprint density at radius 1 is 1.00 bits per heavy atom. The van der Waals surface area contributed by atoms with Gasteiger partial charge in [0.05, 0.1) is 0 Å². The Morgan fingerprint density at radius 3 is 2.13 bits per heavy atom. The highest BCUT2D eigenvalue weighted by Gasteiger charge is 2.17. The first-order chi connectivity index (χ1) is 10.1. The number of aromatic nitrogens is 1. The number of benzene rings is 1. The van der Waals surface area contributed by atoms with Gasteiger partial charge in [-0.2, -0.15) is 0 Å². The summed E-state index contributed by atoms with van der Waals surface area (Å²) in [5.74, 6) is 1.04. The molecule has 0 saturated carbocycles. The van der Waals surface area contributed by atoms with Gasteiger partial charge in [0, 0.05) is 11.1 Å². The molecule has 1 aromatic carbocycles. The van der Waals surface area contributed by atoms with Crippen LogP contribution >= 0.6 is 0 Å². The van der Waals surface area contributed by atoms with Crippen molar-refractivity contribution in [2.45, 2.75) is 52.6 Å². The molecule has 3 nitrogen and oxygen atoms in total. The SMILES string of the molecule is CC(C)(C)Nc1cc(-c2ccccc2)c(C=[NH+]C(C)(C)C)[nH]1.[Cl-]. The van der Waals surface area contributed by atoms with Gasteiger partial charge in [0.15, 0.2) is 11.8 Å². The number of H-pyrrole nitrogens is 1. The summed E-state index contributed by atoms with van der Waals surface area (Å²) < 4.78 is 0. The van der Waals surface area contributed by atoms with E-state index in [4.69, 9.17) is 0 Å². The second kappa shape index (κ2) is 7.22. The molecule has 0 saturated heterocycles. The van der Waals surface area contributed by atoms with Crippen LogP contribution in [0.25, 0.3) is 11.1 Å². The Labute approximate surface area is 146 Å². The van der Waals surface area contributed by atoms with E-state index in [1.807, 2.05) is 6.07 Å². The minimum Gasteiger partial charge on any atom is -1.00 e. The fourth-order valence-corrected chi connectivity index (χ4v) is 2.20. The standard InChI is InChI=1S/C19H27N3.ClH/c1-18(2,3)20-13-16-15(14-10-8-7-9-11-14)12-17(21-16)22-19(4,5)6;/h7-13,21-22H,1-6H3;1H. The molecule has 0 unspecified atom stereocenters. The van der Waals surface area contributed by atoms with Crippen molar-refractivity contribution >= 4 is 12.0 Å². The van der Waals surface area contributed by atoms with E-state index in [9.17, 15) is 0 Å². The van der Waals surface area contributed by atoms with E-state index in [1.165, 1.54) is 11.1 Å². The van der Waals surface area contributed by atoms with Crippen LogP contribution in [0.15, 0.2) is 36.4 Å². The maximum absolute atomic E-state index is 3.51. The molecule has 2 rings (SSSR count). The second-order valence-corrected chi connectivity index (χ2v) is 7.79. The molecule has 2 aromatic rings. The molecular weight excluding hydrogens is 306 g/mol. The molecule has 0 amide bonds. The third-order valence-electron chi connectivity index (χ3n) is 3.09. The summed E-state index contributed by atoms with van der Waals surface area (Å²) in [7, 11) is 0. The van der Waals surface area contributed by atoms with Gasteiger partial charge < -0.3 is 22.7 Å². The molecule has 0 radical (unpaired) electrons. The average Bonchev–Trinajstić information content (AvgIpc) is 2.77. The number of halogens is 1. The van der Waals surface area contributed by atoms with Gasteiger partial charge in [-0.05, 0) is 53.2 Å². The van der Waals surface area contributed by atoms with Gasteiger partial charge in [-0.1, -0.05) is 30.3 Å². The molecule has 23 heavy (non-hydrogen) atoms. The van der Waals surface area contributed by atoms with Crippen molar-refractivity contribution in [1.82, 2.24) is 4.98 Å². The molecule has 0 spiro atoms. The lowest BCUT2D eigenvalue weighted by Crippen LogP contribution is -3.00.